The number of anilines is 2. The van der Waals surface area contributed by atoms with E-state index < -0.39 is 0 Å². The lowest BCUT2D eigenvalue weighted by Gasteiger charge is -2.27. The minimum atomic E-state index is 0.415. The first-order valence-electron chi connectivity index (χ1n) is 10.8. The largest absolute Gasteiger partial charge is 0.453 e. The Morgan fingerprint density at radius 3 is 2.67 bits per heavy atom. The minimum Gasteiger partial charge on any atom is -0.453 e. The molecule has 1 aliphatic rings. The number of aromatic nitrogens is 4. The Morgan fingerprint density at radius 1 is 1.06 bits per heavy atom. The van der Waals surface area contributed by atoms with Crippen molar-refractivity contribution in [3.63, 3.8) is 0 Å². The number of piperidine rings is 1. The van der Waals surface area contributed by atoms with Gasteiger partial charge in [0.1, 0.15) is 16.6 Å². The molecule has 3 aromatic heterocycles. The molecule has 4 heterocycles. The molecule has 5 rings (SSSR count). The summed E-state index contributed by atoms with van der Waals surface area (Å²) in [7, 11) is 2.16. The number of nitrogens with zero attached hydrogens (tertiary/aromatic N) is 5. The number of pyridine rings is 2. The highest BCUT2D eigenvalue weighted by Crippen LogP contribution is 2.36. The number of hydrogen-bond donors (Lipinski definition) is 1. The number of nitrogens with one attached hydrogen (secondary N) is 1. The molecular formula is C24H24N6OS2. The molecule has 1 saturated heterocycles. The third kappa shape index (κ3) is 5.68. The molecular weight excluding hydrogens is 452 g/mol. The molecule has 33 heavy (non-hydrogen) atoms. The van der Waals surface area contributed by atoms with E-state index in [-0.39, 0.29) is 0 Å². The Balaban J connectivity index is 1.37. The molecule has 168 valence electrons. The average molecular weight is 477 g/mol. The van der Waals surface area contributed by atoms with Crippen molar-refractivity contribution in [2.24, 2.45) is 0 Å². The molecule has 0 atom stereocenters. The summed E-state index contributed by atoms with van der Waals surface area (Å²) in [5.74, 6) is 3.31. The van der Waals surface area contributed by atoms with Gasteiger partial charge < -0.3 is 15.0 Å². The summed E-state index contributed by atoms with van der Waals surface area (Å²) in [6.45, 7) is 2.16. The molecule has 1 N–H and O–H groups in total. The second-order valence-corrected chi connectivity index (χ2v) is 9.71. The van der Waals surface area contributed by atoms with Gasteiger partial charge in [-0.2, -0.15) is 4.37 Å². The van der Waals surface area contributed by atoms with Crippen LogP contribution in [0.5, 0.6) is 11.5 Å². The molecule has 1 aromatic carbocycles. The highest BCUT2D eigenvalue weighted by molar-refractivity contribution is 7.99. The molecule has 0 bridgehead atoms. The third-order valence-electron chi connectivity index (χ3n) is 5.41. The van der Waals surface area contributed by atoms with E-state index in [1.807, 2.05) is 60.8 Å². The molecule has 0 radical (unpaired) electrons. The summed E-state index contributed by atoms with van der Waals surface area (Å²) in [5, 5.41) is 4.95. The zero-order chi connectivity index (χ0) is 22.5. The maximum absolute atomic E-state index is 6.19. The van der Waals surface area contributed by atoms with Crippen molar-refractivity contribution in [3.8, 4) is 11.5 Å². The van der Waals surface area contributed by atoms with Gasteiger partial charge in [-0.15, -0.1) is 0 Å². The molecule has 0 aliphatic carbocycles. The van der Waals surface area contributed by atoms with Gasteiger partial charge >= 0.3 is 0 Å². The average Bonchev–Trinajstić information content (AvgIpc) is 3.31. The van der Waals surface area contributed by atoms with Crippen LogP contribution in [0.2, 0.25) is 0 Å². The molecule has 0 unspecified atom stereocenters. The predicted octanol–water partition coefficient (Wildman–Crippen LogP) is 5.82. The van der Waals surface area contributed by atoms with Crippen molar-refractivity contribution in [2.45, 2.75) is 28.7 Å². The molecule has 4 aromatic rings. The van der Waals surface area contributed by atoms with Gasteiger partial charge in [0.25, 0.3) is 0 Å². The van der Waals surface area contributed by atoms with Gasteiger partial charge in [-0.05, 0) is 57.2 Å². The van der Waals surface area contributed by atoms with Crippen LogP contribution in [-0.2, 0) is 0 Å². The Labute approximate surface area is 201 Å². The van der Waals surface area contributed by atoms with E-state index in [2.05, 4.69) is 31.6 Å². The summed E-state index contributed by atoms with van der Waals surface area (Å²) in [5.41, 5.74) is 0. The van der Waals surface area contributed by atoms with Crippen molar-refractivity contribution in [3.05, 3.63) is 72.8 Å². The molecule has 0 saturated carbocycles. The van der Waals surface area contributed by atoms with Crippen molar-refractivity contribution in [1.82, 2.24) is 24.2 Å². The zero-order valence-electron chi connectivity index (χ0n) is 18.2. The first kappa shape index (κ1) is 21.8. The van der Waals surface area contributed by atoms with Gasteiger partial charge in [-0.3, -0.25) is 0 Å². The fourth-order valence-electron chi connectivity index (χ4n) is 3.62. The topological polar surface area (TPSA) is 76.1 Å². The zero-order valence-corrected chi connectivity index (χ0v) is 19.9. The van der Waals surface area contributed by atoms with Crippen molar-refractivity contribution in [2.75, 3.05) is 25.5 Å². The maximum Gasteiger partial charge on any atom is 0.208 e. The van der Waals surface area contributed by atoms with E-state index in [1.54, 1.807) is 6.20 Å². The highest BCUT2D eigenvalue weighted by Gasteiger charge is 2.22. The summed E-state index contributed by atoms with van der Waals surface area (Å²) in [4.78, 5) is 17.1. The Hall–Kier alpha value is -3.01. The van der Waals surface area contributed by atoms with Gasteiger partial charge in [-0.1, -0.05) is 36.0 Å². The first-order chi connectivity index (χ1) is 16.2. The second-order valence-electron chi connectivity index (χ2n) is 7.86. The van der Waals surface area contributed by atoms with Crippen LogP contribution in [0, 0.1) is 0 Å². The molecule has 7 nitrogen and oxygen atoms in total. The number of likely N-dealkylation sites (tertiary alicyclic amines) is 1. The van der Waals surface area contributed by atoms with E-state index in [1.165, 1.54) is 23.3 Å². The molecule has 0 spiro atoms. The SMILES string of the molecule is CN1CCC(c2nsc(Nc3ncc(Sc4ccccn4)cc3Oc3ccccc3)n2)CC1. The third-order valence-corrected chi connectivity index (χ3v) is 6.96. The van der Waals surface area contributed by atoms with Crippen LogP contribution in [0.15, 0.2) is 76.9 Å². The molecule has 1 fully saturated rings. The van der Waals surface area contributed by atoms with E-state index in [0.29, 0.717) is 17.5 Å². The summed E-state index contributed by atoms with van der Waals surface area (Å²) >= 11 is 2.90. The molecule has 9 heteroatoms. The van der Waals surface area contributed by atoms with Crippen molar-refractivity contribution >= 4 is 34.2 Å². The van der Waals surface area contributed by atoms with E-state index >= 15 is 0 Å². The normalized spacial score (nSPS) is 14.8. The number of benzene rings is 1. The van der Waals surface area contributed by atoms with Gasteiger partial charge in [0, 0.05) is 40.8 Å². The van der Waals surface area contributed by atoms with Gasteiger partial charge in [0.2, 0.25) is 5.13 Å². The number of hydrogen-bond acceptors (Lipinski definition) is 9. The van der Waals surface area contributed by atoms with Crippen LogP contribution >= 0.6 is 23.3 Å². The lowest BCUT2D eigenvalue weighted by Crippen LogP contribution is -2.29. The van der Waals surface area contributed by atoms with Crippen molar-refractivity contribution < 1.29 is 4.74 Å². The lowest BCUT2D eigenvalue weighted by molar-refractivity contribution is 0.252. The van der Waals surface area contributed by atoms with Crippen LogP contribution in [0.25, 0.3) is 0 Å². The maximum atomic E-state index is 6.19. The number of rotatable bonds is 7. The van der Waals surface area contributed by atoms with Crippen molar-refractivity contribution in [1.29, 1.82) is 0 Å². The van der Waals surface area contributed by atoms with E-state index in [4.69, 9.17) is 9.72 Å². The minimum absolute atomic E-state index is 0.415. The highest BCUT2D eigenvalue weighted by atomic mass is 32.2. The van der Waals surface area contributed by atoms with Crippen LogP contribution in [0.1, 0.15) is 24.6 Å². The van der Waals surface area contributed by atoms with Crippen LogP contribution in [-0.4, -0.2) is 44.4 Å². The standard InChI is InChI=1S/C24H24N6OS2/c1-30-13-10-17(11-14-30)22-27-24(33-29-22)28-23-20(31-18-7-3-2-4-8-18)15-19(16-26-23)32-21-9-5-6-12-25-21/h2-9,12,15-17H,10-11,13-14H2,1H3,(H,26,27,28,29). The van der Waals surface area contributed by atoms with Gasteiger partial charge in [0.15, 0.2) is 11.6 Å². The quantitative estimate of drug-likeness (QED) is 0.357. The molecule has 1 aliphatic heterocycles. The van der Waals surface area contributed by atoms with E-state index in [9.17, 15) is 0 Å². The Morgan fingerprint density at radius 2 is 1.88 bits per heavy atom. The van der Waals surface area contributed by atoms with Crippen LogP contribution in [0.4, 0.5) is 10.9 Å². The number of ether oxygens (including phenoxy) is 1. The summed E-state index contributed by atoms with van der Waals surface area (Å²) in [6.07, 6.45) is 5.78. The predicted molar refractivity (Wildman–Crippen MR) is 132 cm³/mol. The van der Waals surface area contributed by atoms with E-state index in [0.717, 1.165) is 52.6 Å². The van der Waals surface area contributed by atoms with Crippen LogP contribution < -0.4 is 10.1 Å². The Kier molecular flexibility index (Phi) is 6.80. The fourth-order valence-corrected chi connectivity index (χ4v) is 5.04. The Bertz CT molecular complexity index is 1180. The lowest BCUT2D eigenvalue weighted by atomic mass is 9.97. The summed E-state index contributed by atoms with van der Waals surface area (Å²) in [6, 6.07) is 17.5. The smallest absolute Gasteiger partial charge is 0.208 e. The monoisotopic (exact) mass is 476 g/mol. The fraction of sp³-hybridized carbons (Fsp3) is 0.250. The number of para-hydroxylation sites is 1. The van der Waals surface area contributed by atoms with Crippen LogP contribution in [0.3, 0.4) is 0 Å². The second kappa shape index (κ2) is 10.3. The van der Waals surface area contributed by atoms with Gasteiger partial charge in [0.05, 0.1) is 0 Å². The summed E-state index contributed by atoms with van der Waals surface area (Å²) < 4.78 is 10.8. The van der Waals surface area contributed by atoms with Gasteiger partial charge in [-0.25, -0.2) is 15.0 Å². The molecule has 0 amide bonds. The first-order valence-corrected chi connectivity index (χ1v) is 12.4.